The number of terminal acetylenes is 5. The van der Waals surface area contributed by atoms with Crippen molar-refractivity contribution >= 4 is 11.6 Å². The number of nitrogens with two attached hydrogens (primary N) is 2. The first-order chi connectivity index (χ1) is 47.3. The monoisotopic (exact) mass is 1410 g/mol. The van der Waals surface area contributed by atoms with Gasteiger partial charge in [0.15, 0.2) is 34.2 Å². The number of H-pyrrole nitrogens is 3. The molecule has 5 aliphatic heterocycles. The number of ether oxygens (including phenoxy) is 5. The van der Waals surface area contributed by atoms with Crippen LogP contribution in [-0.4, -0.2) is 203 Å². The summed E-state index contributed by atoms with van der Waals surface area (Å²) in [6, 6.07) is 6.04. The van der Waals surface area contributed by atoms with Gasteiger partial charge in [-0.1, -0.05) is 49.5 Å². The predicted octanol–water partition coefficient (Wildman–Crippen LogP) is -6.54. The second-order valence-electron chi connectivity index (χ2n) is 22.8. The van der Waals surface area contributed by atoms with Crippen LogP contribution in [0.2, 0.25) is 0 Å². The van der Waals surface area contributed by atoms with Gasteiger partial charge in [-0.2, -0.15) is 9.97 Å². The van der Waals surface area contributed by atoms with Gasteiger partial charge in [-0.3, -0.25) is 56.6 Å². The molecule has 5 aromatic rings. The highest BCUT2D eigenvalue weighted by atomic mass is 19.3. The van der Waals surface area contributed by atoms with Crippen molar-refractivity contribution in [2.24, 2.45) is 29.6 Å². The third-order valence-corrected chi connectivity index (χ3v) is 17.2. The van der Waals surface area contributed by atoms with Crippen LogP contribution in [-0.2, 0) is 23.7 Å². The predicted molar refractivity (Wildman–Crippen MR) is 339 cm³/mol. The van der Waals surface area contributed by atoms with E-state index in [-0.39, 0.29) is 11.6 Å². The molecule has 10 rings (SSSR count). The lowest BCUT2D eigenvalue weighted by atomic mass is 9.89. The van der Waals surface area contributed by atoms with E-state index < -0.39 is 211 Å². The Morgan fingerprint density at radius 2 is 0.840 bits per heavy atom. The van der Waals surface area contributed by atoms with E-state index in [1.807, 2.05) is 22.8 Å². The number of hydrogen-bond acceptors (Lipinski definition) is 27. The summed E-state index contributed by atoms with van der Waals surface area (Å²) in [6.45, 7) is 2.76. The molecule has 0 saturated carbocycles. The summed E-state index contributed by atoms with van der Waals surface area (Å²) in [5, 5.41) is 97.2. The summed E-state index contributed by atoms with van der Waals surface area (Å²) >= 11 is 0. The minimum absolute atomic E-state index is 0.0744. The van der Waals surface area contributed by atoms with E-state index in [0.29, 0.717) is 11.0 Å². The maximum Gasteiger partial charge on any atom is 0.351 e. The first-order valence-corrected chi connectivity index (χ1v) is 29.6. The van der Waals surface area contributed by atoms with Crippen molar-refractivity contribution in [3.05, 3.63) is 157 Å². The van der Waals surface area contributed by atoms with E-state index in [9.17, 15) is 103 Å². The number of rotatable bonds is 14. The Hall–Kier alpha value is -9.87. The number of aromatic amines is 3. The van der Waals surface area contributed by atoms with Crippen LogP contribution in [0.5, 0.6) is 0 Å². The molecule has 100 heavy (non-hydrogen) atoms. The Kier molecular flexibility index (Phi) is 25.6. The van der Waals surface area contributed by atoms with Crippen molar-refractivity contribution in [1.82, 2.24) is 47.8 Å². The Morgan fingerprint density at radius 3 is 1.19 bits per heavy atom. The molecule has 38 heteroatoms. The molecule has 0 bridgehead atoms. The van der Waals surface area contributed by atoms with Gasteiger partial charge in [0, 0.05) is 61.0 Å². The van der Waals surface area contributed by atoms with E-state index in [2.05, 4.69) is 45.2 Å². The standard InChI is InChI=1S/C13H17N3O4.C13H15N3O4.C12H12F2N2O5.C12H13FN2O5.C12H14N2O5/c2*1-3-8-10(18)13(4-2,7-17)20-11(8)16-6-5-9(14)15-12(16)19;1-2-12(5-17)8(19)7(9(13)14)10(21-12)16-4-3-6(18)15-11(16)20;1-2-12(6-16)9(18)7(5-13)10(20-12)15-4-3-8(17)14-11(15)19;1-3-12(6-15)9(17)7(2)10(19-12)14-5-4-8(16)13-11(14)18/h2,5-6,8,10-11,17-18H,3,7H2,1H3,(H2,14,15,19);2-3,5-6,8,10-11,17-18H,1,7H2,(H2,14,15,19);1,3-4,7-10,17,19H,5H2,(H,15,18,20);1,3-4,7,9-10,16,18H,5-6H2,(H,14,17,19);1,4-5,7,9-10,15,17H,6H2,2H3,(H,13,16,18)/t2*8-,10-,11+,13+;7-,8+,10-,12-;2*7-,9-,10+,12+/m00100/s1. The van der Waals surface area contributed by atoms with Crippen LogP contribution >= 0.6 is 0 Å². The molecule has 0 radical (unpaired) electrons. The third-order valence-electron chi connectivity index (χ3n) is 17.2. The quantitative estimate of drug-likeness (QED) is 0.0363. The van der Waals surface area contributed by atoms with Gasteiger partial charge in [-0.15, -0.1) is 38.7 Å². The van der Waals surface area contributed by atoms with Crippen LogP contribution in [0.15, 0.2) is 112 Å². The minimum atomic E-state index is -3.06. The van der Waals surface area contributed by atoms with Crippen molar-refractivity contribution in [3.8, 4) is 61.7 Å². The molecule has 17 N–H and O–H groups in total. The van der Waals surface area contributed by atoms with Crippen LogP contribution in [0.3, 0.4) is 0 Å². The largest absolute Gasteiger partial charge is 0.392 e. The summed E-state index contributed by atoms with van der Waals surface area (Å²) in [4.78, 5) is 105. The number of halogens is 3. The average Bonchev–Trinajstić information content (AvgIpc) is 1.69. The lowest BCUT2D eigenvalue weighted by Gasteiger charge is -2.24. The second-order valence-corrected chi connectivity index (χ2v) is 22.8. The molecular weight excluding hydrogens is 1340 g/mol. The fraction of sp³-hybridized carbons (Fsp3) is 0.484. The topological polar surface area (TPSA) is 535 Å². The van der Waals surface area contributed by atoms with Crippen molar-refractivity contribution < 1.29 is 87.9 Å². The van der Waals surface area contributed by atoms with Crippen molar-refractivity contribution in [2.75, 3.05) is 51.2 Å². The number of aliphatic hydroxyl groups excluding tert-OH is 10. The zero-order chi connectivity index (χ0) is 74.7. The molecule has 0 aromatic carbocycles. The van der Waals surface area contributed by atoms with Crippen LogP contribution < -0.4 is 56.6 Å². The zero-order valence-corrected chi connectivity index (χ0v) is 52.8. The molecule has 20 atom stereocenters. The number of nitrogens with zero attached hydrogens (tertiary/aromatic N) is 7. The molecule has 5 aromatic heterocycles. The van der Waals surface area contributed by atoms with Crippen LogP contribution in [0.4, 0.5) is 24.8 Å². The molecule has 10 heterocycles. The lowest BCUT2D eigenvalue weighted by Crippen LogP contribution is -2.44. The van der Waals surface area contributed by atoms with E-state index in [1.54, 1.807) is 6.92 Å². The number of aliphatic hydroxyl groups is 10. The molecule has 0 amide bonds. The number of aromatic nitrogens is 10. The number of nitrogens with one attached hydrogen (secondary N) is 3. The van der Waals surface area contributed by atoms with E-state index in [0.717, 1.165) is 38.2 Å². The molecular formula is C62H71F3N12O23. The molecule has 0 unspecified atom stereocenters. The van der Waals surface area contributed by atoms with Crippen LogP contribution in [0, 0.1) is 91.3 Å². The summed E-state index contributed by atoms with van der Waals surface area (Å²) in [7, 11) is 0. The smallest absolute Gasteiger partial charge is 0.351 e. The van der Waals surface area contributed by atoms with E-state index in [1.165, 1.54) is 47.4 Å². The Balaban J connectivity index is 0.000000197. The number of hydrogen-bond donors (Lipinski definition) is 15. The van der Waals surface area contributed by atoms with Crippen molar-refractivity contribution in [2.45, 2.75) is 116 Å². The minimum Gasteiger partial charge on any atom is -0.392 e. The van der Waals surface area contributed by atoms with Gasteiger partial charge < -0.3 is 86.2 Å². The summed E-state index contributed by atoms with van der Waals surface area (Å²) in [6.07, 6.45) is 19.3. The summed E-state index contributed by atoms with van der Waals surface area (Å²) < 4.78 is 71.7. The molecule has 5 fully saturated rings. The van der Waals surface area contributed by atoms with E-state index in [4.69, 9.17) is 67.3 Å². The third kappa shape index (κ3) is 15.2. The maximum absolute atomic E-state index is 13.2. The first kappa shape index (κ1) is 79.1. The molecule has 35 nitrogen and oxygen atoms in total. The number of alkyl halides is 3. The second kappa shape index (κ2) is 32.4. The average molecular weight is 1410 g/mol. The zero-order valence-electron chi connectivity index (χ0n) is 52.8. The van der Waals surface area contributed by atoms with Crippen LogP contribution in [0.1, 0.15) is 51.4 Å². The van der Waals surface area contributed by atoms with E-state index >= 15 is 0 Å². The highest BCUT2D eigenvalue weighted by Crippen LogP contribution is 2.46. The highest BCUT2D eigenvalue weighted by Gasteiger charge is 2.59. The fourth-order valence-electron chi connectivity index (χ4n) is 11.4. The number of nitrogen functional groups attached to an aromatic ring is 2. The first-order valence-electron chi connectivity index (χ1n) is 29.6. The Morgan fingerprint density at radius 1 is 0.520 bits per heavy atom. The summed E-state index contributed by atoms with van der Waals surface area (Å²) in [5.74, 6) is 6.39. The van der Waals surface area contributed by atoms with Gasteiger partial charge in [-0.05, 0) is 18.6 Å². The fourth-order valence-corrected chi connectivity index (χ4v) is 11.4. The normalized spacial score (nSPS) is 33.0. The van der Waals surface area contributed by atoms with Gasteiger partial charge in [0.2, 0.25) is 6.43 Å². The van der Waals surface area contributed by atoms with Crippen molar-refractivity contribution in [1.29, 1.82) is 0 Å². The Labute approximate surface area is 562 Å². The van der Waals surface area contributed by atoms with Gasteiger partial charge in [-0.25, -0.2) is 32.8 Å². The SMILES string of the molecule is C#C[C@]1(CO)O[C@@H](n2ccc(=O)[nH]c2=O)[C@@H](C(F)F)[C@@H]1O.C#C[C@]1(CO)O[C@@H](n2ccc(=O)[nH]c2=O)[C@@H](C)[C@@H]1O.C#C[C@]1(CO)O[C@@H](n2ccc(=O)[nH]c2=O)[C@@H](CF)[C@@H]1O.C#C[C@]1(CO)O[C@@H](n2ccc(N)nc2=O)[C@@H](C=C)[C@@H]1O.C#C[C@]1(CO)O[C@@H](n2ccc(N)nc2=O)[C@@H](CC)[C@@H]1O. The van der Waals surface area contributed by atoms with Crippen molar-refractivity contribution in [3.63, 3.8) is 0 Å². The molecule has 0 aliphatic carbocycles. The molecule has 538 valence electrons. The van der Waals surface area contributed by atoms with Gasteiger partial charge in [0.1, 0.15) is 67.1 Å². The molecule has 5 saturated heterocycles. The maximum atomic E-state index is 13.2. The lowest BCUT2D eigenvalue weighted by molar-refractivity contribution is -0.0942. The summed E-state index contributed by atoms with van der Waals surface area (Å²) in [5.41, 5.74) is -3.16. The van der Waals surface area contributed by atoms with Gasteiger partial charge >= 0.3 is 28.4 Å². The van der Waals surface area contributed by atoms with Crippen LogP contribution in [0.25, 0.3) is 0 Å². The Bertz CT molecular complexity index is 4470. The highest BCUT2D eigenvalue weighted by molar-refractivity contribution is 5.27. The van der Waals surface area contributed by atoms with Gasteiger partial charge in [0.05, 0.1) is 57.5 Å². The molecule has 5 aliphatic rings. The number of anilines is 2. The molecule has 0 spiro atoms. The van der Waals surface area contributed by atoms with Gasteiger partial charge in [0.25, 0.3) is 16.7 Å².